The van der Waals surface area contributed by atoms with Crippen LogP contribution in [0.15, 0.2) is 54.6 Å². The fourth-order valence-corrected chi connectivity index (χ4v) is 2.37. The van der Waals surface area contributed by atoms with Gasteiger partial charge in [-0.3, -0.25) is 0 Å². The van der Waals surface area contributed by atoms with Crippen LogP contribution >= 0.6 is 0 Å². The van der Waals surface area contributed by atoms with Gasteiger partial charge in [-0.25, -0.2) is 0 Å². The van der Waals surface area contributed by atoms with Crippen molar-refractivity contribution in [2.24, 2.45) is 0 Å². The number of hydrogen-bond donors (Lipinski definition) is 0. The Morgan fingerprint density at radius 2 is 1.45 bits per heavy atom. The number of hydrogen-bond acceptors (Lipinski definition) is 1. The minimum atomic E-state index is 1.05. The average molecular weight is 266 g/mol. The van der Waals surface area contributed by atoms with Crippen molar-refractivity contribution in [3.8, 4) is 11.1 Å². The van der Waals surface area contributed by atoms with Crippen molar-refractivity contribution in [2.45, 2.75) is 25.7 Å². The number of anilines is 1. The highest BCUT2D eigenvalue weighted by Gasteiger charge is 2.01. The summed E-state index contributed by atoms with van der Waals surface area (Å²) in [6, 6.07) is 19.4. The van der Waals surface area contributed by atoms with Crippen LogP contribution in [0.4, 0.5) is 5.69 Å². The Hall–Kier alpha value is -1.76. The summed E-state index contributed by atoms with van der Waals surface area (Å²) in [5, 5.41) is 0. The van der Waals surface area contributed by atoms with Crippen molar-refractivity contribution >= 4 is 5.69 Å². The van der Waals surface area contributed by atoms with Crippen molar-refractivity contribution in [3.05, 3.63) is 61.5 Å². The van der Waals surface area contributed by atoms with Gasteiger partial charge in [-0.1, -0.05) is 68.7 Å². The van der Waals surface area contributed by atoms with Crippen LogP contribution in [0.1, 0.15) is 25.7 Å². The lowest BCUT2D eigenvalue weighted by Crippen LogP contribution is -2.18. The van der Waals surface area contributed by atoms with Crippen molar-refractivity contribution in [2.75, 3.05) is 18.5 Å². The fraction of sp³-hybridized carbons (Fsp3) is 0.316. The average Bonchev–Trinajstić information content (AvgIpc) is 2.52. The van der Waals surface area contributed by atoms with Gasteiger partial charge in [-0.05, 0) is 29.7 Å². The van der Waals surface area contributed by atoms with E-state index in [4.69, 9.17) is 0 Å². The molecular weight excluding hydrogens is 242 g/mol. The lowest BCUT2D eigenvalue weighted by molar-refractivity contribution is 0.678. The van der Waals surface area contributed by atoms with Crippen molar-refractivity contribution in [1.82, 2.24) is 0 Å². The normalized spacial score (nSPS) is 10.5. The second-order valence-electron chi connectivity index (χ2n) is 5.25. The van der Waals surface area contributed by atoms with Crippen LogP contribution in [0.5, 0.6) is 0 Å². The van der Waals surface area contributed by atoms with Crippen LogP contribution in [0.25, 0.3) is 11.1 Å². The van der Waals surface area contributed by atoms with Gasteiger partial charge in [0.05, 0.1) is 0 Å². The van der Waals surface area contributed by atoms with Gasteiger partial charge >= 0.3 is 0 Å². The molecule has 0 N–H and O–H groups in total. The number of nitrogens with zero attached hydrogens (tertiary/aromatic N) is 1. The molecule has 2 aromatic carbocycles. The molecule has 0 aliphatic heterocycles. The van der Waals surface area contributed by atoms with Gasteiger partial charge < -0.3 is 4.90 Å². The van der Waals surface area contributed by atoms with Gasteiger partial charge in [0.2, 0.25) is 0 Å². The van der Waals surface area contributed by atoms with Crippen LogP contribution in [0.3, 0.4) is 0 Å². The summed E-state index contributed by atoms with van der Waals surface area (Å²) in [6.07, 6.45) is 4.80. The predicted octanol–water partition coefficient (Wildman–Crippen LogP) is 5.18. The first-order chi connectivity index (χ1) is 9.81. The Morgan fingerprint density at radius 1 is 0.800 bits per heavy atom. The molecule has 0 saturated carbocycles. The lowest BCUT2D eigenvalue weighted by Gasteiger charge is -2.19. The maximum atomic E-state index is 3.89. The van der Waals surface area contributed by atoms with Gasteiger partial charge in [-0.2, -0.15) is 0 Å². The first-order valence-corrected chi connectivity index (χ1v) is 7.47. The summed E-state index contributed by atoms with van der Waals surface area (Å²) >= 11 is 0. The summed E-state index contributed by atoms with van der Waals surface area (Å²) < 4.78 is 0. The molecule has 1 heteroatoms. The van der Waals surface area contributed by atoms with Crippen LogP contribution in [-0.2, 0) is 0 Å². The van der Waals surface area contributed by atoms with Gasteiger partial charge in [-0.15, -0.1) is 0 Å². The topological polar surface area (TPSA) is 3.24 Å². The molecule has 0 aliphatic rings. The molecule has 2 aromatic rings. The Labute approximate surface area is 123 Å². The SMILES string of the molecule is [CH2]CCCCCN(C)c1ccc(-c2ccccc2)cc1. The van der Waals surface area contributed by atoms with Crippen LogP contribution in [0, 0.1) is 6.92 Å². The molecule has 1 radical (unpaired) electrons. The number of rotatable bonds is 7. The van der Waals surface area contributed by atoms with Crippen LogP contribution in [-0.4, -0.2) is 13.6 Å². The standard InChI is InChI=1S/C19H24N/c1-3-4-5-9-16-20(2)19-14-12-18(13-15-19)17-10-7-6-8-11-17/h6-8,10-15H,1,3-5,9,16H2,2H3. The summed E-state index contributed by atoms with van der Waals surface area (Å²) in [7, 11) is 2.17. The molecule has 0 spiro atoms. The third kappa shape index (κ3) is 4.12. The first-order valence-electron chi connectivity index (χ1n) is 7.47. The third-order valence-electron chi connectivity index (χ3n) is 3.66. The maximum absolute atomic E-state index is 3.89. The Bertz CT molecular complexity index is 487. The Morgan fingerprint density at radius 3 is 2.10 bits per heavy atom. The minimum Gasteiger partial charge on any atom is -0.375 e. The maximum Gasteiger partial charge on any atom is 0.0364 e. The molecule has 20 heavy (non-hydrogen) atoms. The molecule has 0 unspecified atom stereocenters. The minimum absolute atomic E-state index is 1.05. The van der Waals surface area contributed by atoms with E-state index in [0.29, 0.717) is 0 Å². The van der Waals surface area contributed by atoms with Gasteiger partial charge in [0.15, 0.2) is 0 Å². The zero-order valence-electron chi connectivity index (χ0n) is 12.4. The highest BCUT2D eigenvalue weighted by atomic mass is 15.1. The fourth-order valence-electron chi connectivity index (χ4n) is 2.37. The highest BCUT2D eigenvalue weighted by Crippen LogP contribution is 2.22. The second kappa shape index (κ2) is 7.74. The second-order valence-corrected chi connectivity index (χ2v) is 5.25. The van der Waals surface area contributed by atoms with E-state index in [1.807, 2.05) is 0 Å². The molecule has 0 bridgehead atoms. The molecule has 0 atom stereocenters. The lowest BCUT2D eigenvalue weighted by atomic mass is 10.1. The van der Waals surface area contributed by atoms with E-state index in [1.165, 1.54) is 36.1 Å². The molecule has 0 aliphatic carbocycles. The van der Waals surface area contributed by atoms with Crippen molar-refractivity contribution < 1.29 is 0 Å². The van der Waals surface area contributed by atoms with E-state index >= 15 is 0 Å². The summed E-state index contributed by atoms with van der Waals surface area (Å²) in [4.78, 5) is 2.33. The van der Waals surface area contributed by atoms with E-state index in [9.17, 15) is 0 Å². The Balaban J connectivity index is 1.94. The molecule has 0 saturated heterocycles. The molecule has 0 amide bonds. The van der Waals surface area contributed by atoms with Crippen LogP contribution < -0.4 is 4.90 Å². The smallest absolute Gasteiger partial charge is 0.0364 e. The van der Waals surface area contributed by atoms with Gasteiger partial charge in [0.25, 0.3) is 0 Å². The van der Waals surface area contributed by atoms with Crippen molar-refractivity contribution in [3.63, 3.8) is 0 Å². The van der Waals surface area contributed by atoms with Gasteiger partial charge in [0, 0.05) is 19.3 Å². The van der Waals surface area contributed by atoms with E-state index in [2.05, 4.69) is 73.5 Å². The van der Waals surface area contributed by atoms with E-state index < -0.39 is 0 Å². The van der Waals surface area contributed by atoms with Crippen molar-refractivity contribution in [1.29, 1.82) is 0 Å². The predicted molar refractivity (Wildman–Crippen MR) is 89.0 cm³/mol. The monoisotopic (exact) mass is 266 g/mol. The summed E-state index contributed by atoms with van der Waals surface area (Å²) in [5.41, 5.74) is 3.84. The molecule has 2 rings (SSSR count). The number of benzene rings is 2. The Kier molecular flexibility index (Phi) is 5.67. The summed E-state index contributed by atoms with van der Waals surface area (Å²) in [5.74, 6) is 0. The molecular formula is C19H24N. The van der Waals surface area contributed by atoms with Crippen LogP contribution in [0.2, 0.25) is 0 Å². The molecule has 0 aromatic heterocycles. The van der Waals surface area contributed by atoms with E-state index in [0.717, 1.165) is 13.0 Å². The molecule has 1 nitrogen and oxygen atoms in total. The molecule has 0 fully saturated rings. The molecule has 0 heterocycles. The molecule has 105 valence electrons. The zero-order chi connectivity index (χ0) is 14.2. The quantitative estimate of drug-likeness (QED) is 0.624. The van der Waals surface area contributed by atoms with Gasteiger partial charge in [0.1, 0.15) is 0 Å². The largest absolute Gasteiger partial charge is 0.375 e. The number of unbranched alkanes of at least 4 members (excludes halogenated alkanes) is 3. The highest BCUT2D eigenvalue weighted by molar-refractivity contribution is 5.66. The zero-order valence-corrected chi connectivity index (χ0v) is 12.4. The summed E-state index contributed by atoms with van der Waals surface area (Å²) in [6.45, 7) is 5.00. The third-order valence-corrected chi connectivity index (χ3v) is 3.66. The first kappa shape index (κ1) is 14.6. The van der Waals surface area contributed by atoms with E-state index in [1.54, 1.807) is 0 Å². The van der Waals surface area contributed by atoms with E-state index in [-0.39, 0.29) is 0 Å².